The summed E-state index contributed by atoms with van der Waals surface area (Å²) < 4.78 is 1.34. The predicted molar refractivity (Wildman–Crippen MR) is 145 cm³/mol. The molecule has 6 N–H and O–H groups in total. The van der Waals surface area contributed by atoms with Crippen LogP contribution in [0.1, 0.15) is 19.4 Å². The van der Waals surface area contributed by atoms with Crippen LogP contribution in [0, 0.1) is 0 Å². The predicted octanol–water partition coefficient (Wildman–Crippen LogP) is 3.62. The Morgan fingerprint density at radius 2 is 1.97 bits per heavy atom. The van der Waals surface area contributed by atoms with E-state index in [0.717, 1.165) is 10.5 Å². The Hall–Kier alpha value is -3.50. The van der Waals surface area contributed by atoms with Gasteiger partial charge in [0.1, 0.15) is 6.54 Å². The van der Waals surface area contributed by atoms with Crippen LogP contribution in [0.2, 0.25) is 5.15 Å². The molecule has 0 unspecified atom stereocenters. The van der Waals surface area contributed by atoms with Crippen molar-refractivity contribution >= 4 is 52.8 Å². The molecule has 0 saturated heterocycles. The molecule has 1 amide bonds. The number of aromatic nitrogens is 2. The Balaban J connectivity index is 1.97. The number of thioether (sulfide) groups is 1. The third-order valence-corrected chi connectivity index (χ3v) is 6.04. The van der Waals surface area contributed by atoms with Crippen LogP contribution >= 0.6 is 23.4 Å². The summed E-state index contributed by atoms with van der Waals surface area (Å²) in [6.07, 6.45) is 3.13. The fraction of sp³-hybridized carbons (Fsp3) is 0.250. The highest BCUT2D eigenvalue weighted by atomic mass is 35.5. The van der Waals surface area contributed by atoms with Gasteiger partial charge in [0, 0.05) is 28.7 Å². The minimum Gasteiger partial charge on any atom is -0.399 e. The molecule has 1 heterocycles. The van der Waals surface area contributed by atoms with Crippen LogP contribution in [0.4, 0.5) is 17.2 Å². The van der Waals surface area contributed by atoms with Crippen LogP contribution in [0.3, 0.4) is 0 Å². The molecule has 184 valence electrons. The van der Waals surface area contributed by atoms with Gasteiger partial charge in [-0.05, 0) is 56.0 Å². The van der Waals surface area contributed by atoms with Crippen LogP contribution in [-0.2, 0) is 17.9 Å². The SMILES string of the molecule is CSc1ccc(N)cc1-c1c(Cl)nc(NC(C)C)c(=O)n1CC(=O)NCc1ccc(N=CN)cc1. The van der Waals surface area contributed by atoms with E-state index < -0.39 is 5.56 Å². The number of benzene rings is 2. The van der Waals surface area contributed by atoms with Crippen molar-refractivity contribution in [2.24, 2.45) is 10.7 Å². The third kappa shape index (κ3) is 6.55. The number of amides is 1. The summed E-state index contributed by atoms with van der Waals surface area (Å²) in [5, 5.41) is 5.95. The standard InChI is InChI=1S/C24H28ClN7O2S/c1-14(2)30-23-24(34)32(12-20(33)28-11-15-4-7-17(8-5-15)29-13-26)21(22(25)31-23)18-10-16(27)6-9-19(18)35-3/h4-10,13-14H,11-12,27H2,1-3H3,(H2,26,29)(H,28,33)(H,30,31). The first kappa shape index (κ1) is 26.1. The number of nitrogens with two attached hydrogens (primary N) is 2. The molecule has 0 atom stereocenters. The largest absolute Gasteiger partial charge is 0.399 e. The van der Waals surface area contributed by atoms with Gasteiger partial charge in [0.15, 0.2) is 11.0 Å². The normalized spacial score (nSPS) is 11.2. The van der Waals surface area contributed by atoms with Gasteiger partial charge in [-0.15, -0.1) is 11.8 Å². The lowest BCUT2D eigenvalue weighted by atomic mass is 10.1. The number of rotatable bonds is 9. The average Bonchev–Trinajstić information content (AvgIpc) is 2.81. The average molecular weight is 514 g/mol. The summed E-state index contributed by atoms with van der Waals surface area (Å²) in [4.78, 5) is 35.5. The van der Waals surface area contributed by atoms with E-state index in [9.17, 15) is 9.59 Å². The first-order valence-electron chi connectivity index (χ1n) is 10.8. The highest BCUT2D eigenvalue weighted by Gasteiger charge is 2.21. The van der Waals surface area contributed by atoms with Gasteiger partial charge in [-0.2, -0.15) is 0 Å². The number of carbonyl (C=O) groups excluding carboxylic acids is 1. The molecule has 2 aromatic carbocycles. The van der Waals surface area contributed by atoms with Gasteiger partial charge in [0.2, 0.25) is 5.91 Å². The Labute approximate surface area is 213 Å². The van der Waals surface area contributed by atoms with Gasteiger partial charge in [-0.3, -0.25) is 14.2 Å². The van der Waals surface area contributed by atoms with Crippen LogP contribution < -0.4 is 27.7 Å². The number of hydrogen-bond donors (Lipinski definition) is 4. The Bertz CT molecular complexity index is 1290. The summed E-state index contributed by atoms with van der Waals surface area (Å²) >= 11 is 8.07. The van der Waals surface area contributed by atoms with E-state index in [1.165, 1.54) is 22.7 Å². The molecule has 1 aromatic heterocycles. The van der Waals surface area contributed by atoms with E-state index in [-0.39, 0.29) is 36.0 Å². The zero-order valence-corrected chi connectivity index (χ0v) is 21.3. The molecular formula is C24H28ClN7O2S. The summed E-state index contributed by atoms with van der Waals surface area (Å²) in [6, 6.07) is 12.6. The Morgan fingerprint density at radius 1 is 1.26 bits per heavy atom. The highest BCUT2D eigenvalue weighted by Crippen LogP contribution is 2.35. The summed E-state index contributed by atoms with van der Waals surface area (Å²) in [6.45, 7) is 3.79. The van der Waals surface area contributed by atoms with E-state index in [4.69, 9.17) is 23.1 Å². The smallest absolute Gasteiger partial charge is 0.294 e. The van der Waals surface area contributed by atoms with Gasteiger partial charge < -0.3 is 22.1 Å². The maximum absolute atomic E-state index is 13.4. The molecule has 3 aromatic rings. The van der Waals surface area contributed by atoms with Crippen molar-refractivity contribution in [3.05, 3.63) is 63.5 Å². The van der Waals surface area contributed by atoms with Gasteiger partial charge >= 0.3 is 0 Å². The molecule has 0 fully saturated rings. The molecular weight excluding hydrogens is 486 g/mol. The van der Waals surface area contributed by atoms with E-state index in [1.807, 2.05) is 38.3 Å². The number of halogens is 1. The lowest BCUT2D eigenvalue weighted by molar-refractivity contribution is -0.121. The number of carbonyl (C=O) groups is 1. The topological polar surface area (TPSA) is 140 Å². The van der Waals surface area contributed by atoms with Crippen LogP contribution in [0.5, 0.6) is 0 Å². The first-order chi connectivity index (χ1) is 16.7. The minimum absolute atomic E-state index is 0.0555. The number of anilines is 2. The van der Waals surface area contributed by atoms with Crippen LogP contribution in [0.15, 0.2) is 57.1 Å². The molecule has 0 bridgehead atoms. The van der Waals surface area contributed by atoms with Gasteiger partial charge in [-0.25, -0.2) is 9.98 Å². The summed E-state index contributed by atoms with van der Waals surface area (Å²) in [5.74, 6) is -0.281. The van der Waals surface area contributed by atoms with Crippen molar-refractivity contribution in [3.63, 3.8) is 0 Å². The number of nitrogen functional groups attached to an aromatic ring is 1. The monoisotopic (exact) mass is 513 g/mol. The van der Waals surface area contributed by atoms with Crippen molar-refractivity contribution in [3.8, 4) is 11.3 Å². The molecule has 0 radical (unpaired) electrons. The zero-order chi connectivity index (χ0) is 25.5. The second-order valence-corrected chi connectivity index (χ2v) is 9.18. The fourth-order valence-corrected chi connectivity index (χ4v) is 4.28. The minimum atomic E-state index is -0.452. The molecule has 35 heavy (non-hydrogen) atoms. The maximum atomic E-state index is 13.4. The molecule has 3 rings (SSSR count). The number of aliphatic imine (C=N–C) groups is 1. The van der Waals surface area contributed by atoms with Crippen molar-refractivity contribution in [1.29, 1.82) is 0 Å². The van der Waals surface area contributed by atoms with E-state index >= 15 is 0 Å². The molecule has 0 spiro atoms. The lowest BCUT2D eigenvalue weighted by Crippen LogP contribution is -2.35. The Morgan fingerprint density at radius 3 is 2.60 bits per heavy atom. The molecule has 0 aliphatic carbocycles. The molecule has 0 saturated carbocycles. The van der Waals surface area contributed by atoms with E-state index in [2.05, 4.69) is 20.6 Å². The summed E-state index contributed by atoms with van der Waals surface area (Å²) in [5.41, 5.74) is 13.9. The fourth-order valence-electron chi connectivity index (χ4n) is 3.41. The number of nitrogens with one attached hydrogen (secondary N) is 2. The van der Waals surface area contributed by atoms with Gasteiger partial charge in [0.25, 0.3) is 5.56 Å². The second-order valence-electron chi connectivity index (χ2n) is 7.97. The molecule has 0 aliphatic heterocycles. The quantitative estimate of drug-likeness (QED) is 0.148. The van der Waals surface area contributed by atoms with Crippen molar-refractivity contribution < 1.29 is 4.79 Å². The third-order valence-electron chi connectivity index (χ3n) is 4.98. The first-order valence-corrected chi connectivity index (χ1v) is 12.4. The van der Waals surface area contributed by atoms with Gasteiger partial charge in [-0.1, -0.05) is 23.7 Å². The zero-order valence-electron chi connectivity index (χ0n) is 19.7. The molecule has 0 aliphatic rings. The van der Waals surface area contributed by atoms with Crippen molar-refractivity contribution in [2.75, 3.05) is 17.3 Å². The number of hydrogen-bond acceptors (Lipinski definition) is 7. The Kier molecular flexibility index (Phi) is 8.78. The molecule has 11 heteroatoms. The maximum Gasteiger partial charge on any atom is 0.294 e. The molecule has 9 nitrogen and oxygen atoms in total. The van der Waals surface area contributed by atoms with Crippen LogP contribution in [0.25, 0.3) is 11.3 Å². The van der Waals surface area contributed by atoms with Crippen LogP contribution in [-0.4, -0.2) is 34.1 Å². The van der Waals surface area contributed by atoms with E-state index in [0.29, 0.717) is 22.6 Å². The van der Waals surface area contributed by atoms with E-state index in [1.54, 1.807) is 24.3 Å². The second kappa shape index (κ2) is 11.8. The van der Waals surface area contributed by atoms with Gasteiger partial charge in [0.05, 0.1) is 17.7 Å². The highest BCUT2D eigenvalue weighted by molar-refractivity contribution is 7.98. The summed E-state index contributed by atoms with van der Waals surface area (Å²) in [7, 11) is 0. The number of nitrogens with zero attached hydrogens (tertiary/aromatic N) is 3. The lowest BCUT2D eigenvalue weighted by Gasteiger charge is -2.19. The van der Waals surface area contributed by atoms with Crippen molar-refractivity contribution in [1.82, 2.24) is 14.9 Å². The van der Waals surface area contributed by atoms with Crippen molar-refractivity contribution in [2.45, 2.75) is 37.9 Å².